The van der Waals surface area contributed by atoms with Crippen molar-refractivity contribution in [2.24, 2.45) is 0 Å². The number of nitrogens with zero attached hydrogens (tertiary/aromatic N) is 1. The zero-order valence-corrected chi connectivity index (χ0v) is 16.0. The van der Waals surface area contributed by atoms with Gasteiger partial charge in [0.05, 0.1) is 13.7 Å². The third-order valence-corrected chi connectivity index (χ3v) is 5.33. The zero-order valence-electron chi connectivity index (χ0n) is 15.2. The first-order chi connectivity index (χ1) is 13.0. The molecule has 0 spiro atoms. The number of carbonyl (C=O) groups is 1. The lowest BCUT2D eigenvalue weighted by Crippen LogP contribution is -2.16. The molecule has 0 aliphatic rings. The molecule has 2 aromatic carbocycles. The van der Waals surface area contributed by atoms with Gasteiger partial charge in [0.2, 0.25) is 0 Å². The average molecular weight is 380 g/mol. The molecule has 27 heavy (non-hydrogen) atoms. The Hall–Kier alpha value is -3.12. The summed E-state index contributed by atoms with van der Waals surface area (Å²) in [4.78, 5) is 25.3. The summed E-state index contributed by atoms with van der Waals surface area (Å²) < 4.78 is 6.73. The van der Waals surface area contributed by atoms with Crippen LogP contribution in [-0.2, 0) is 6.54 Å². The van der Waals surface area contributed by atoms with Crippen LogP contribution in [0, 0.1) is 6.92 Å². The molecule has 0 saturated heterocycles. The van der Waals surface area contributed by atoms with E-state index in [0.29, 0.717) is 28.6 Å². The highest BCUT2D eigenvalue weighted by atomic mass is 32.1. The molecule has 0 saturated carbocycles. The van der Waals surface area contributed by atoms with E-state index in [0.717, 1.165) is 22.5 Å². The molecule has 1 heterocycles. The predicted molar refractivity (Wildman–Crippen MR) is 110 cm³/mol. The van der Waals surface area contributed by atoms with Crippen LogP contribution in [0.25, 0.3) is 6.08 Å². The molecular formula is C21H20N2O3S. The third-order valence-electron chi connectivity index (χ3n) is 4.25. The fourth-order valence-electron chi connectivity index (χ4n) is 2.67. The van der Waals surface area contributed by atoms with Gasteiger partial charge in [0.15, 0.2) is 0 Å². The Morgan fingerprint density at radius 1 is 1.19 bits per heavy atom. The van der Waals surface area contributed by atoms with Crippen LogP contribution in [0.4, 0.5) is 5.69 Å². The van der Waals surface area contributed by atoms with Crippen molar-refractivity contribution in [1.82, 2.24) is 4.57 Å². The fraction of sp³-hybridized carbons (Fsp3) is 0.143. The number of nitrogens with one attached hydrogen (secondary N) is 1. The number of anilines is 1. The monoisotopic (exact) mass is 380 g/mol. The van der Waals surface area contributed by atoms with Gasteiger partial charge in [0, 0.05) is 11.4 Å². The van der Waals surface area contributed by atoms with Crippen LogP contribution in [0.5, 0.6) is 5.75 Å². The Kier molecular flexibility index (Phi) is 5.57. The minimum Gasteiger partial charge on any atom is -0.497 e. The number of thiazole rings is 1. The number of hydrogen-bond donors (Lipinski definition) is 1. The molecular weight excluding hydrogens is 360 g/mol. The SMILES string of the molecule is C=Cc1ccc(Cn2c(C)c(C(=O)Nc3ccc(OC)cc3)sc2=O)cc1. The van der Waals surface area contributed by atoms with Crippen LogP contribution in [0.15, 0.2) is 59.9 Å². The summed E-state index contributed by atoms with van der Waals surface area (Å²) in [5.74, 6) is 0.419. The van der Waals surface area contributed by atoms with Crippen molar-refractivity contribution in [3.05, 3.63) is 86.5 Å². The summed E-state index contributed by atoms with van der Waals surface area (Å²) in [7, 11) is 1.59. The Bertz CT molecular complexity index is 1020. The highest BCUT2D eigenvalue weighted by molar-refractivity contribution is 7.11. The second-order valence-electron chi connectivity index (χ2n) is 6.00. The minimum absolute atomic E-state index is 0.153. The van der Waals surface area contributed by atoms with Crippen molar-refractivity contribution in [2.75, 3.05) is 12.4 Å². The Labute approximate surface area is 161 Å². The Morgan fingerprint density at radius 2 is 1.85 bits per heavy atom. The lowest BCUT2D eigenvalue weighted by molar-refractivity contribution is 0.102. The summed E-state index contributed by atoms with van der Waals surface area (Å²) in [5, 5.41) is 2.82. The molecule has 3 rings (SSSR count). The Morgan fingerprint density at radius 3 is 2.44 bits per heavy atom. The highest BCUT2D eigenvalue weighted by Gasteiger charge is 2.18. The molecule has 5 nitrogen and oxygen atoms in total. The van der Waals surface area contributed by atoms with Gasteiger partial charge in [-0.05, 0) is 42.3 Å². The normalized spacial score (nSPS) is 10.4. The van der Waals surface area contributed by atoms with E-state index in [1.54, 1.807) is 48.9 Å². The lowest BCUT2D eigenvalue weighted by atomic mass is 10.1. The van der Waals surface area contributed by atoms with Crippen LogP contribution in [-0.4, -0.2) is 17.6 Å². The van der Waals surface area contributed by atoms with E-state index < -0.39 is 0 Å². The largest absolute Gasteiger partial charge is 0.497 e. The van der Waals surface area contributed by atoms with Gasteiger partial charge in [-0.3, -0.25) is 14.2 Å². The summed E-state index contributed by atoms with van der Waals surface area (Å²) in [6, 6.07) is 14.9. The molecule has 0 radical (unpaired) electrons. The molecule has 0 unspecified atom stereocenters. The number of hydrogen-bond acceptors (Lipinski definition) is 4. The molecule has 0 fully saturated rings. The van der Waals surface area contributed by atoms with E-state index in [9.17, 15) is 9.59 Å². The van der Waals surface area contributed by atoms with Gasteiger partial charge in [-0.2, -0.15) is 0 Å². The quantitative estimate of drug-likeness (QED) is 0.698. The van der Waals surface area contributed by atoms with Crippen LogP contribution in [0.3, 0.4) is 0 Å². The molecule has 6 heteroatoms. The highest BCUT2D eigenvalue weighted by Crippen LogP contribution is 2.19. The van der Waals surface area contributed by atoms with Crippen molar-refractivity contribution in [3.63, 3.8) is 0 Å². The number of rotatable bonds is 6. The van der Waals surface area contributed by atoms with E-state index >= 15 is 0 Å². The van der Waals surface area contributed by atoms with Gasteiger partial charge in [-0.25, -0.2) is 0 Å². The second-order valence-corrected chi connectivity index (χ2v) is 6.96. The maximum atomic E-state index is 12.6. The smallest absolute Gasteiger partial charge is 0.308 e. The summed E-state index contributed by atoms with van der Waals surface area (Å²) in [6.07, 6.45) is 1.77. The summed E-state index contributed by atoms with van der Waals surface area (Å²) in [5.41, 5.74) is 3.31. The minimum atomic E-state index is -0.291. The van der Waals surface area contributed by atoms with Crippen LogP contribution >= 0.6 is 11.3 Å². The van der Waals surface area contributed by atoms with Crippen molar-refractivity contribution < 1.29 is 9.53 Å². The number of amides is 1. The summed E-state index contributed by atoms with van der Waals surface area (Å²) in [6.45, 7) is 5.95. The molecule has 0 bridgehead atoms. The van der Waals surface area contributed by atoms with Crippen molar-refractivity contribution in [3.8, 4) is 5.75 Å². The van der Waals surface area contributed by atoms with Crippen molar-refractivity contribution >= 4 is 29.0 Å². The number of ether oxygens (including phenoxy) is 1. The molecule has 1 N–H and O–H groups in total. The van der Waals surface area contributed by atoms with Crippen LogP contribution in [0.1, 0.15) is 26.5 Å². The van der Waals surface area contributed by atoms with Gasteiger partial charge in [0.1, 0.15) is 10.6 Å². The van der Waals surface area contributed by atoms with Crippen LogP contribution < -0.4 is 14.9 Å². The summed E-state index contributed by atoms with van der Waals surface area (Å²) >= 11 is 0.957. The topological polar surface area (TPSA) is 60.3 Å². The van der Waals surface area contributed by atoms with Gasteiger partial charge >= 0.3 is 4.87 Å². The third kappa shape index (κ3) is 4.17. The molecule has 138 valence electrons. The number of benzene rings is 2. The molecule has 0 aliphatic heterocycles. The average Bonchev–Trinajstić information content (AvgIpc) is 2.97. The van der Waals surface area contributed by atoms with E-state index in [1.807, 2.05) is 24.3 Å². The molecule has 0 aliphatic carbocycles. The first-order valence-corrected chi connectivity index (χ1v) is 9.20. The van der Waals surface area contributed by atoms with Crippen molar-refractivity contribution in [1.29, 1.82) is 0 Å². The zero-order chi connectivity index (χ0) is 19.4. The van der Waals surface area contributed by atoms with Crippen molar-refractivity contribution in [2.45, 2.75) is 13.5 Å². The number of carbonyl (C=O) groups excluding carboxylic acids is 1. The number of methoxy groups -OCH3 is 1. The molecule has 3 aromatic rings. The maximum absolute atomic E-state index is 12.6. The van der Waals surface area contributed by atoms with E-state index in [4.69, 9.17) is 4.74 Å². The second kappa shape index (κ2) is 8.05. The van der Waals surface area contributed by atoms with Gasteiger partial charge in [0.25, 0.3) is 5.91 Å². The predicted octanol–water partition coefficient (Wildman–Crippen LogP) is 4.17. The Balaban J connectivity index is 1.80. The van der Waals surface area contributed by atoms with Gasteiger partial charge < -0.3 is 10.1 Å². The number of aromatic nitrogens is 1. The maximum Gasteiger partial charge on any atom is 0.308 e. The van der Waals surface area contributed by atoms with Gasteiger partial charge in [-0.15, -0.1) is 0 Å². The standard InChI is InChI=1S/C21H20N2O3S/c1-4-15-5-7-16(8-6-15)13-23-14(2)19(27-21(23)25)20(24)22-17-9-11-18(26-3)12-10-17/h4-12H,1,13H2,2-3H3,(H,22,24). The lowest BCUT2D eigenvalue weighted by Gasteiger charge is -2.08. The van der Waals surface area contributed by atoms with E-state index in [-0.39, 0.29) is 10.8 Å². The molecule has 1 amide bonds. The van der Waals surface area contributed by atoms with Gasteiger partial charge in [-0.1, -0.05) is 48.3 Å². The first-order valence-electron chi connectivity index (χ1n) is 8.39. The molecule has 0 atom stereocenters. The van der Waals surface area contributed by atoms with Crippen LogP contribution in [0.2, 0.25) is 0 Å². The molecule has 1 aromatic heterocycles. The van der Waals surface area contributed by atoms with E-state index in [2.05, 4.69) is 11.9 Å². The fourth-order valence-corrected chi connectivity index (χ4v) is 3.56. The first kappa shape index (κ1) is 18.7. The van der Waals surface area contributed by atoms with E-state index in [1.165, 1.54) is 0 Å².